The number of hydrogen-bond donors (Lipinski definition) is 0. The first-order chi connectivity index (χ1) is 14.1. The van der Waals surface area contributed by atoms with Crippen LogP contribution >= 0.6 is 11.8 Å². The molecule has 2 amide bonds. The summed E-state index contributed by atoms with van der Waals surface area (Å²) >= 11 is 1.63. The molecule has 1 saturated carbocycles. The zero-order chi connectivity index (χ0) is 20.0. The topological polar surface area (TPSA) is 40.6 Å². The SMILES string of the molecule is Cc1cccc(CN2C(=O)C3(SCCN3C(=O)C3CCCC3)c3ccccc32)c1. The maximum Gasteiger partial charge on any atom is 0.268 e. The van der Waals surface area contributed by atoms with Gasteiger partial charge in [-0.05, 0) is 31.4 Å². The molecule has 0 N–H and O–H groups in total. The van der Waals surface area contributed by atoms with Gasteiger partial charge in [0.15, 0.2) is 4.87 Å². The van der Waals surface area contributed by atoms with Crippen LogP contribution in [0.2, 0.25) is 0 Å². The van der Waals surface area contributed by atoms with Gasteiger partial charge in [0.05, 0.1) is 12.2 Å². The molecule has 1 atom stereocenters. The van der Waals surface area contributed by atoms with Crippen LogP contribution in [-0.4, -0.2) is 29.0 Å². The van der Waals surface area contributed by atoms with E-state index in [9.17, 15) is 9.59 Å². The molecule has 2 fully saturated rings. The highest BCUT2D eigenvalue weighted by molar-refractivity contribution is 8.01. The summed E-state index contributed by atoms with van der Waals surface area (Å²) in [4.78, 5) is 30.2. The third-order valence-corrected chi connectivity index (χ3v) is 7.91. The molecule has 0 aromatic heterocycles. The summed E-state index contributed by atoms with van der Waals surface area (Å²) < 4.78 is 0. The molecule has 0 radical (unpaired) electrons. The van der Waals surface area contributed by atoms with E-state index in [0.29, 0.717) is 13.1 Å². The predicted octanol–water partition coefficient (Wildman–Crippen LogP) is 4.46. The fourth-order valence-electron chi connectivity index (χ4n) is 5.13. The van der Waals surface area contributed by atoms with Crippen molar-refractivity contribution in [1.82, 2.24) is 4.90 Å². The van der Waals surface area contributed by atoms with Crippen molar-refractivity contribution >= 4 is 29.3 Å². The van der Waals surface area contributed by atoms with Gasteiger partial charge < -0.3 is 9.80 Å². The quantitative estimate of drug-likeness (QED) is 0.756. The van der Waals surface area contributed by atoms with Gasteiger partial charge in [0.1, 0.15) is 0 Å². The summed E-state index contributed by atoms with van der Waals surface area (Å²) in [6, 6.07) is 16.3. The second kappa shape index (κ2) is 7.21. The van der Waals surface area contributed by atoms with Crippen molar-refractivity contribution in [3.63, 3.8) is 0 Å². The third kappa shape index (κ3) is 2.90. The Kier molecular flexibility index (Phi) is 4.66. The highest BCUT2D eigenvalue weighted by atomic mass is 32.2. The van der Waals surface area contributed by atoms with Crippen molar-refractivity contribution < 1.29 is 9.59 Å². The Morgan fingerprint density at radius 3 is 2.72 bits per heavy atom. The number of thioether (sulfide) groups is 1. The number of anilines is 1. The van der Waals surface area contributed by atoms with Crippen LogP contribution in [-0.2, 0) is 21.0 Å². The minimum atomic E-state index is -0.889. The molecule has 1 spiro atoms. The number of para-hydroxylation sites is 1. The lowest BCUT2D eigenvalue weighted by Gasteiger charge is -2.34. The zero-order valence-corrected chi connectivity index (χ0v) is 17.6. The highest BCUT2D eigenvalue weighted by Gasteiger charge is 2.59. The molecule has 2 heterocycles. The van der Waals surface area contributed by atoms with Gasteiger partial charge in [0, 0.05) is 23.8 Å². The molecule has 1 unspecified atom stereocenters. The summed E-state index contributed by atoms with van der Waals surface area (Å²) in [5, 5.41) is 0. The lowest BCUT2D eigenvalue weighted by Crippen LogP contribution is -2.51. The average molecular weight is 407 g/mol. The maximum atomic E-state index is 13.9. The fourth-order valence-corrected chi connectivity index (χ4v) is 6.60. The molecule has 150 valence electrons. The Morgan fingerprint density at radius 1 is 1.14 bits per heavy atom. The summed E-state index contributed by atoms with van der Waals surface area (Å²) in [6.45, 7) is 3.25. The summed E-state index contributed by atoms with van der Waals surface area (Å²) in [5.41, 5.74) is 4.22. The van der Waals surface area contributed by atoms with E-state index in [1.165, 1.54) is 5.56 Å². The van der Waals surface area contributed by atoms with Crippen molar-refractivity contribution in [3.05, 3.63) is 65.2 Å². The van der Waals surface area contributed by atoms with Gasteiger partial charge in [0.2, 0.25) is 5.91 Å². The van der Waals surface area contributed by atoms with Gasteiger partial charge in [-0.3, -0.25) is 9.59 Å². The molecule has 0 bridgehead atoms. The van der Waals surface area contributed by atoms with Crippen LogP contribution < -0.4 is 4.90 Å². The first kappa shape index (κ1) is 18.7. The van der Waals surface area contributed by atoms with Crippen LogP contribution in [0.3, 0.4) is 0 Å². The molecule has 5 heteroatoms. The van der Waals surface area contributed by atoms with Crippen molar-refractivity contribution in [2.75, 3.05) is 17.2 Å². The normalized spacial score (nSPS) is 24.0. The smallest absolute Gasteiger partial charge is 0.268 e. The molecule has 2 aromatic carbocycles. The predicted molar refractivity (Wildman–Crippen MR) is 117 cm³/mol. The monoisotopic (exact) mass is 406 g/mol. The molecule has 4 nitrogen and oxygen atoms in total. The van der Waals surface area contributed by atoms with Gasteiger partial charge in [-0.15, -0.1) is 11.8 Å². The Morgan fingerprint density at radius 2 is 1.93 bits per heavy atom. The van der Waals surface area contributed by atoms with Crippen molar-refractivity contribution in [2.45, 2.75) is 44.0 Å². The Bertz CT molecular complexity index is 969. The first-order valence-electron chi connectivity index (χ1n) is 10.5. The number of fused-ring (bicyclic) bond motifs is 2. The van der Waals surface area contributed by atoms with E-state index in [0.717, 1.165) is 48.3 Å². The third-order valence-electron chi connectivity index (χ3n) is 6.49. The van der Waals surface area contributed by atoms with E-state index < -0.39 is 4.87 Å². The van der Waals surface area contributed by atoms with E-state index in [2.05, 4.69) is 25.1 Å². The number of benzene rings is 2. The number of amides is 2. The minimum Gasteiger partial charge on any atom is -0.315 e. The molecule has 5 rings (SSSR count). The summed E-state index contributed by atoms with van der Waals surface area (Å²) in [7, 11) is 0. The van der Waals surface area contributed by atoms with Crippen molar-refractivity contribution in [1.29, 1.82) is 0 Å². The van der Waals surface area contributed by atoms with Crippen LogP contribution in [0.5, 0.6) is 0 Å². The number of carbonyl (C=O) groups is 2. The van der Waals surface area contributed by atoms with Crippen molar-refractivity contribution in [3.8, 4) is 0 Å². The molecular formula is C24H26N2O2S. The second-order valence-electron chi connectivity index (χ2n) is 8.36. The lowest BCUT2D eigenvalue weighted by atomic mass is 10.0. The highest BCUT2D eigenvalue weighted by Crippen LogP contribution is 2.55. The first-order valence-corrected chi connectivity index (χ1v) is 11.5. The molecule has 29 heavy (non-hydrogen) atoms. The molecular weight excluding hydrogens is 380 g/mol. The van der Waals surface area contributed by atoms with Gasteiger partial charge >= 0.3 is 0 Å². The van der Waals surface area contributed by atoms with Crippen LogP contribution in [0, 0.1) is 12.8 Å². The van der Waals surface area contributed by atoms with Crippen LogP contribution in [0.25, 0.3) is 0 Å². The van der Waals surface area contributed by atoms with E-state index in [1.54, 1.807) is 11.8 Å². The minimum absolute atomic E-state index is 0.0362. The van der Waals surface area contributed by atoms with Gasteiger partial charge in [0.25, 0.3) is 5.91 Å². The Labute approximate surface area is 176 Å². The number of hydrogen-bond acceptors (Lipinski definition) is 3. The maximum absolute atomic E-state index is 13.9. The van der Waals surface area contributed by atoms with E-state index >= 15 is 0 Å². The van der Waals surface area contributed by atoms with Crippen LogP contribution in [0.4, 0.5) is 5.69 Å². The average Bonchev–Trinajstić information content (AvgIpc) is 3.45. The van der Waals surface area contributed by atoms with E-state index in [1.807, 2.05) is 40.1 Å². The number of carbonyl (C=O) groups excluding carboxylic acids is 2. The van der Waals surface area contributed by atoms with Crippen LogP contribution in [0.1, 0.15) is 42.4 Å². The standard InChI is InChI=1S/C24H26N2O2S/c1-17-7-6-8-18(15-17)16-25-21-12-5-4-11-20(21)24(23(25)28)26(13-14-29-24)22(27)19-9-2-3-10-19/h4-8,11-12,15,19H,2-3,9-10,13-14,16H2,1H3. The summed E-state index contributed by atoms with van der Waals surface area (Å²) in [5.74, 6) is 1.09. The zero-order valence-electron chi connectivity index (χ0n) is 16.8. The Hall–Kier alpha value is -2.27. The number of aryl methyl sites for hydroxylation is 1. The molecule has 2 aliphatic heterocycles. The van der Waals surface area contributed by atoms with Crippen molar-refractivity contribution in [2.24, 2.45) is 5.92 Å². The fraction of sp³-hybridized carbons (Fsp3) is 0.417. The Balaban J connectivity index is 1.55. The largest absolute Gasteiger partial charge is 0.315 e. The van der Waals surface area contributed by atoms with Gasteiger partial charge in [-0.1, -0.05) is 60.9 Å². The number of nitrogens with zero attached hydrogens (tertiary/aromatic N) is 2. The number of rotatable bonds is 3. The van der Waals surface area contributed by atoms with E-state index in [-0.39, 0.29) is 17.7 Å². The molecule has 1 saturated heterocycles. The molecule has 3 aliphatic rings. The van der Waals surface area contributed by atoms with Gasteiger partial charge in [-0.2, -0.15) is 0 Å². The van der Waals surface area contributed by atoms with Crippen LogP contribution in [0.15, 0.2) is 48.5 Å². The van der Waals surface area contributed by atoms with Gasteiger partial charge in [-0.25, -0.2) is 0 Å². The molecule has 2 aromatic rings. The van der Waals surface area contributed by atoms with E-state index in [4.69, 9.17) is 0 Å². The lowest BCUT2D eigenvalue weighted by molar-refractivity contribution is -0.143. The second-order valence-corrected chi connectivity index (χ2v) is 9.65. The summed E-state index contributed by atoms with van der Waals surface area (Å²) in [6.07, 6.45) is 4.15. The molecule has 1 aliphatic carbocycles.